The molecule has 1 nitrogen and oxygen atoms in total. The molecule has 0 saturated carbocycles. The van der Waals surface area contributed by atoms with E-state index in [0.29, 0.717) is 0 Å². The van der Waals surface area contributed by atoms with E-state index in [1.807, 2.05) is 0 Å². The minimum atomic E-state index is 0.823. The third-order valence-corrected chi connectivity index (χ3v) is 5.95. The summed E-state index contributed by atoms with van der Waals surface area (Å²) in [5.74, 6) is 1.66. The van der Waals surface area contributed by atoms with Crippen molar-refractivity contribution in [3.8, 4) is 0 Å². The molecular weight excluding hydrogens is 405 g/mol. The van der Waals surface area contributed by atoms with Gasteiger partial charge in [-0.2, -0.15) is 0 Å². The SMILES string of the molecule is CC(C)CCCC(C)CCc1ccc2[nH]c3c(I)cccc3c2c1. The Labute approximate surface area is 159 Å². The van der Waals surface area contributed by atoms with Gasteiger partial charge in [0.1, 0.15) is 0 Å². The van der Waals surface area contributed by atoms with Gasteiger partial charge in [0.05, 0.1) is 5.52 Å². The first kappa shape index (κ1) is 17.8. The fraction of sp³-hybridized carbons (Fsp3) is 0.455. The highest BCUT2D eigenvalue weighted by atomic mass is 127. The van der Waals surface area contributed by atoms with Gasteiger partial charge in [0.2, 0.25) is 0 Å². The minimum Gasteiger partial charge on any atom is -0.354 e. The molecule has 1 N–H and O–H groups in total. The second-order valence-electron chi connectivity index (χ2n) is 7.64. The van der Waals surface area contributed by atoms with Gasteiger partial charge in [-0.15, -0.1) is 0 Å². The van der Waals surface area contributed by atoms with Gasteiger partial charge in [0.15, 0.2) is 0 Å². The predicted molar refractivity (Wildman–Crippen MR) is 115 cm³/mol. The number of rotatable bonds is 7. The average molecular weight is 433 g/mol. The number of aromatic amines is 1. The molecule has 0 aliphatic rings. The van der Waals surface area contributed by atoms with E-state index in [4.69, 9.17) is 0 Å². The lowest BCUT2D eigenvalue weighted by Gasteiger charge is -2.12. The largest absolute Gasteiger partial charge is 0.354 e. The van der Waals surface area contributed by atoms with Gasteiger partial charge in [-0.3, -0.25) is 0 Å². The summed E-state index contributed by atoms with van der Waals surface area (Å²) in [6, 6.07) is 13.5. The Morgan fingerprint density at radius 1 is 0.958 bits per heavy atom. The summed E-state index contributed by atoms with van der Waals surface area (Å²) in [4.78, 5) is 3.57. The molecule has 0 amide bonds. The smallest absolute Gasteiger partial charge is 0.0600 e. The molecule has 1 heterocycles. The maximum absolute atomic E-state index is 3.57. The van der Waals surface area contributed by atoms with Crippen molar-refractivity contribution in [1.29, 1.82) is 0 Å². The molecule has 3 aromatic rings. The first-order chi connectivity index (χ1) is 11.5. The molecule has 1 aromatic heterocycles. The third kappa shape index (κ3) is 4.14. The lowest BCUT2D eigenvalue weighted by atomic mass is 9.94. The fourth-order valence-corrected chi connectivity index (χ4v) is 4.15. The van der Waals surface area contributed by atoms with Crippen LogP contribution in [-0.4, -0.2) is 4.98 Å². The van der Waals surface area contributed by atoms with E-state index in [0.717, 1.165) is 11.8 Å². The molecule has 2 aromatic carbocycles. The van der Waals surface area contributed by atoms with Crippen molar-refractivity contribution in [1.82, 2.24) is 4.98 Å². The van der Waals surface area contributed by atoms with E-state index in [-0.39, 0.29) is 0 Å². The molecule has 0 radical (unpaired) electrons. The van der Waals surface area contributed by atoms with Crippen LogP contribution in [0, 0.1) is 15.4 Å². The first-order valence-electron chi connectivity index (χ1n) is 9.23. The second-order valence-corrected chi connectivity index (χ2v) is 8.80. The third-order valence-electron chi connectivity index (χ3n) is 5.05. The average Bonchev–Trinajstić information content (AvgIpc) is 2.92. The number of nitrogens with one attached hydrogen (secondary N) is 1. The number of fused-ring (bicyclic) bond motifs is 3. The van der Waals surface area contributed by atoms with E-state index in [9.17, 15) is 0 Å². The molecule has 0 aliphatic heterocycles. The van der Waals surface area contributed by atoms with Crippen LogP contribution in [0.2, 0.25) is 0 Å². The Hall–Kier alpha value is -1.03. The molecule has 2 heteroatoms. The molecular formula is C22H28IN. The molecule has 24 heavy (non-hydrogen) atoms. The summed E-state index contributed by atoms with van der Waals surface area (Å²) in [6.07, 6.45) is 6.59. The second kappa shape index (κ2) is 7.90. The van der Waals surface area contributed by atoms with E-state index in [1.165, 1.54) is 63.0 Å². The Balaban J connectivity index is 1.69. The predicted octanol–water partition coefficient (Wildman–Crippen LogP) is 7.32. The van der Waals surface area contributed by atoms with Crippen LogP contribution in [0.3, 0.4) is 0 Å². The summed E-state index contributed by atoms with van der Waals surface area (Å²) >= 11 is 2.41. The quantitative estimate of drug-likeness (QED) is 0.376. The number of halogens is 1. The number of aromatic nitrogens is 1. The van der Waals surface area contributed by atoms with E-state index in [1.54, 1.807) is 0 Å². The highest BCUT2D eigenvalue weighted by molar-refractivity contribution is 14.1. The van der Waals surface area contributed by atoms with Crippen LogP contribution in [-0.2, 0) is 6.42 Å². The van der Waals surface area contributed by atoms with Crippen molar-refractivity contribution in [3.63, 3.8) is 0 Å². The Morgan fingerprint density at radius 2 is 1.79 bits per heavy atom. The van der Waals surface area contributed by atoms with Crippen LogP contribution in [0.1, 0.15) is 52.0 Å². The highest BCUT2D eigenvalue weighted by Gasteiger charge is 2.08. The fourth-order valence-electron chi connectivity index (χ4n) is 3.52. The number of hydrogen-bond acceptors (Lipinski definition) is 0. The molecule has 0 aliphatic carbocycles. The zero-order valence-electron chi connectivity index (χ0n) is 15.0. The lowest BCUT2D eigenvalue weighted by Crippen LogP contribution is -1.99. The standard InChI is InChI=1S/C22H28IN/c1-15(2)6-4-7-16(3)10-11-17-12-13-21-19(14-17)18-8-5-9-20(23)22(18)24-21/h5,8-9,12-16,24H,4,6-7,10-11H2,1-3H3. The van der Waals surface area contributed by atoms with Crippen LogP contribution >= 0.6 is 22.6 Å². The number of aryl methyl sites for hydroxylation is 1. The summed E-state index contributed by atoms with van der Waals surface area (Å²) in [5, 5.41) is 2.72. The normalized spacial score (nSPS) is 13.2. The maximum Gasteiger partial charge on any atom is 0.0600 e. The maximum atomic E-state index is 3.57. The van der Waals surface area contributed by atoms with Gasteiger partial charge in [-0.1, -0.05) is 58.2 Å². The summed E-state index contributed by atoms with van der Waals surface area (Å²) in [7, 11) is 0. The number of H-pyrrole nitrogens is 1. The van der Waals surface area contributed by atoms with Gasteiger partial charge in [0, 0.05) is 19.9 Å². The molecule has 128 valence electrons. The van der Waals surface area contributed by atoms with Crippen LogP contribution in [0.25, 0.3) is 21.8 Å². The van der Waals surface area contributed by atoms with Crippen molar-refractivity contribution >= 4 is 44.4 Å². The summed E-state index contributed by atoms with van der Waals surface area (Å²) < 4.78 is 1.29. The van der Waals surface area contributed by atoms with Crippen LogP contribution in [0.4, 0.5) is 0 Å². The Kier molecular flexibility index (Phi) is 5.85. The van der Waals surface area contributed by atoms with E-state index < -0.39 is 0 Å². The van der Waals surface area contributed by atoms with E-state index >= 15 is 0 Å². The molecule has 0 spiro atoms. The van der Waals surface area contributed by atoms with Gasteiger partial charge >= 0.3 is 0 Å². The number of benzene rings is 2. The van der Waals surface area contributed by atoms with Gasteiger partial charge in [0.25, 0.3) is 0 Å². The van der Waals surface area contributed by atoms with Gasteiger partial charge < -0.3 is 4.98 Å². The van der Waals surface area contributed by atoms with Crippen molar-refractivity contribution in [3.05, 3.63) is 45.5 Å². The van der Waals surface area contributed by atoms with Gasteiger partial charge in [-0.25, -0.2) is 0 Å². The molecule has 0 bridgehead atoms. The molecule has 1 atom stereocenters. The van der Waals surface area contributed by atoms with Crippen LogP contribution in [0.5, 0.6) is 0 Å². The van der Waals surface area contributed by atoms with Crippen molar-refractivity contribution in [2.24, 2.45) is 11.8 Å². The Morgan fingerprint density at radius 3 is 2.58 bits per heavy atom. The van der Waals surface area contributed by atoms with Crippen molar-refractivity contribution in [2.75, 3.05) is 0 Å². The summed E-state index contributed by atoms with van der Waals surface area (Å²) in [5.41, 5.74) is 3.99. The lowest BCUT2D eigenvalue weighted by molar-refractivity contribution is 0.437. The zero-order chi connectivity index (χ0) is 17.1. The molecule has 1 unspecified atom stereocenters. The van der Waals surface area contributed by atoms with Crippen molar-refractivity contribution < 1.29 is 0 Å². The van der Waals surface area contributed by atoms with Gasteiger partial charge in [-0.05, 0) is 71.0 Å². The van der Waals surface area contributed by atoms with Crippen LogP contribution < -0.4 is 0 Å². The minimum absolute atomic E-state index is 0.823. The number of hydrogen-bond donors (Lipinski definition) is 1. The zero-order valence-corrected chi connectivity index (χ0v) is 17.2. The Bertz CT molecular complexity index is 815. The summed E-state index contributed by atoms with van der Waals surface area (Å²) in [6.45, 7) is 7.05. The van der Waals surface area contributed by atoms with Crippen LogP contribution in [0.15, 0.2) is 36.4 Å². The molecule has 0 saturated heterocycles. The topological polar surface area (TPSA) is 15.8 Å². The monoisotopic (exact) mass is 433 g/mol. The van der Waals surface area contributed by atoms with Crippen molar-refractivity contribution in [2.45, 2.75) is 52.9 Å². The van der Waals surface area contributed by atoms with E-state index in [2.05, 4.69) is 84.7 Å². The highest BCUT2D eigenvalue weighted by Crippen LogP contribution is 2.29. The first-order valence-corrected chi connectivity index (χ1v) is 10.3. The molecule has 3 rings (SSSR count). The number of para-hydroxylation sites is 1. The molecule has 0 fully saturated rings.